The standard InChI is InChI=1S/C19H21F2N3O/c1-23-17(13-8-14(20)10-15(21)9-13)2-3-18(23)19(25)22-16-11-24-6-4-12(16)5-7-24/h2-3,8-10,12,16H,4-7,11H2,1H3,(H,22,25)/t16-/m0/s1. The molecule has 5 rings (SSSR count). The van der Waals surface area contributed by atoms with Crippen LogP contribution >= 0.6 is 0 Å². The van der Waals surface area contributed by atoms with Gasteiger partial charge in [0.15, 0.2) is 0 Å². The van der Waals surface area contributed by atoms with Gasteiger partial charge in [-0.15, -0.1) is 0 Å². The van der Waals surface area contributed by atoms with Gasteiger partial charge >= 0.3 is 0 Å². The van der Waals surface area contributed by atoms with Crippen molar-refractivity contribution in [2.45, 2.75) is 18.9 Å². The minimum Gasteiger partial charge on any atom is -0.346 e. The fourth-order valence-corrected chi connectivity index (χ4v) is 4.10. The Morgan fingerprint density at radius 3 is 2.40 bits per heavy atom. The van der Waals surface area contributed by atoms with Gasteiger partial charge in [-0.25, -0.2) is 8.78 Å². The summed E-state index contributed by atoms with van der Waals surface area (Å²) in [6.07, 6.45) is 2.26. The van der Waals surface area contributed by atoms with Crippen LogP contribution in [0.15, 0.2) is 30.3 Å². The average Bonchev–Trinajstić information content (AvgIpc) is 2.97. The molecule has 4 nitrogen and oxygen atoms in total. The van der Waals surface area contributed by atoms with E-state index in [2.05, 4.69) is 10.2 Å². The summed E-state index contributed by atoms with van der Waals surface area (Å²) in [6, 6.07) is 6.99. The molecular weight excluding hydrogens is 324 g/mol. The fraction of sp³-hybridized carbons (Fsp3) is 0.421. The Balaban J connectivity index is 1.55. The molecule has 2 bridgehead atoms. The van der Waals surface area contributed by atoms with E-state index in [0.29, 0.717) is 22.9 Å². The summed E-state index contributed by atoms with van der Waals surface area (Å²) >= 11 is 0. The minimum absolute atomic E-state index is 0.135. The zero-order valence-electron chi connectivity index (χ0n) is 14.1. The molecule has 1 aromatic heterocycles. The van der Waals surface area contributed by atoms with Gasteiger partial charge in [-0.3, -0.25) is 4.79 Å². The molecule has 1 amide bonds. The number of carbonyl (C=O) groups excluding carboxylic acids is 1. The second-order valence-electron chi connectivity index (χ2n) is 7.04. The van der Waals surface area contributed by atoms with Crippen molar-refractivity contribution in [1.82, 2.24) is 14.8 Å². The van der Waals surface area contributed by atoms with Gasteiger partial charge in [0.1, 0.15) is 17.3 Å². The molecule has 1 atom stereocenters. The summed E-state index contributed by atoms with van der Waals surface area (Å²) in [4.78, 5) is 15.1. The SMILES string of the molecule is Cn1c(C(=O)N[C@H]2CN3CCC2CC3)ccc1-c1cc(F)cc(F)c1. The first-order valence-electron chi connectivity index (χ1n) is 8.66. The normalized spacial score (nSPS) is 25.2. The Morgan fingerprint density at radius 2 is 1.80 bits per heavy atom. The number of aromatic nitrogens is 1. The van der Waals surface area contributed by atoms with Gasteiger partial charge in [0.25, 0.3) is 5.91 Å². The average molecular weight is 345 g/mol. The largest absolute Gasteiger partial charge is 0.346 e. The molecule has 3 saturated heterocycles. The second-order valence-corrected chi connectivity index (χ2v) is 7.04. The minimum atomic E-state index is -0.630. The molecule has 1 aromatic carbocycles. The summed E-state index contributed by atoms with van der Waals surface area (Å²) in [5, 5.41) is 3.15. The number of benzene rings is 1. The molecule has 25 heavy (non-hydrogen) atoms. The maximum Gasteiger partial charge on any atom is 0.268 e. The van der Waals surface area contributed by atoms with Crippen molar-refractivity contribution in [2.75, 3.05) is 19.6 Å². The predicted octanol–water partition coefficient (Wildman–Crippen LogP) is 2.79. The number of halogens is 2. The molecule has 132 valence electrons. The highest BCUT2D eigenvalue weighted by Gasteiger charge is 2.35. The number of carbonyl (C=O) groups is 1. The topological polar surface area (TPSA) is 37.3 Å². The summed E-state index contributed by atoms with van der Waals surface area (Å²) in [5.74, 6) is -0.848. The predicted molar refractivity (Wildman–Crippen MR) is 91.2 cm³/mol. The van der Waals surface area contributed by atoms with Gasteiger partial charge in [-0.05, 0) is 56.1 Å². The van der Waals surface area contributed by atoms with Crippen molar-refractivity contribution >= 4 is 5.91 Å². The van der Waals surface area contributed by atoms with Gasteiger partial charge in [0.2, 0.25) is 0 Å². The Morgan fingerprint density at radius 1 is 1.12 bits per heavy atom. The fourth-order valence-electron chi connectivity index (χ4n) is 4.10. The Bertz CT molecular complexity index is 789. The van der Waals surface area contributed by atoms with Crippen LogP contribution in [0.3, 0.4) is 0 Å². The number of hydrogen-bond acceptors (Lipinski definition) is 2. The number of fused-ring (bicyclic) bond motifs is 3. The smallest absolute Gasteiger partial charge is 0.268 e. The highest BCUT2D eigenvalue weighted by molar-refractivity contribution is 5.94. The molecule has 0 unspecified atom stereocenters. The molecule has 3 aliphatic rings. The number of rotatable bonds is 3. The maximum absolute atomic E-state index is 13.5. The first-order valence-corrected chi connectivity index (χ1v) is 8.66. The van der Waals surface area contributed by atoms with Crippen molar-refractivity contribution in [3.63, 3.8) is 0 Å². The van der Waals surface area contributed by atoms with Crippen molar-refractivity contribution in [3.05, 3.63) is 47.7 Å². The van der Waals surface area contributed by atoms with E-state index in [1.807, 2.05) is 0 Å². The van der Waals surface area contributed by atoms with Crippen LogP contribution in [0.1, 0.15) is 23.3 Å². The molecule has 3 fully saturated rings. The highest BCUT2D eigenvalue weighted by atomic mass is 19.1. The van der Waals surface area contributed by atoms with E-state index in [1.54, 1.807) is 23.7 Å². The zero-order valence-corrected chi connectivity index (χ0v) is 14.1. The van der Waals surface area contributed by atoms with E-state index in [4.69, 9.17) is 0 Å². The third-order valence-electron chi connectivity index (χ3n) is 5.49. The van der Waals surface area contributed by atoms with Gasteiger partial charge in [-0.2, -0.15) is 0 Å². The lowest BCUT2D eigenvalue weighted by Crippen LogP contribution is -2.57. The molecule has 4 heterocycles. The second kappa shape index (κ2) is 6.26. The molecule has 2 aromatic rings. The number of amides is 1. The Kier molecular flexibility index (Phi) is 4.07. The van der Waals surface area contributed by atoms with Crippen molar-refractivity contribution in [2.24, 2.45) is 13.0 Å². The highest BCUT2D eigenvalue weighted by Crippen LogP contribution is 2.28. The molecule has 6 heteroatoms. The van der Waals surface area contributed by atoms with Crippen LogP contribution in [0, 0.1) is 17.6 Å². The zero-order chi connectivity index (χ0) is 17.6. The van der Waals surface area contributed by atoms with Crippen LogP contribution < -0.4 is 5.32 Å². The lowest BCUT2D eigenvalue weighted by molar-refractivity contribution is 0.0616. The molecule has 0 radical (unpaired) electrons. The van der Waals surface area contributed by atoms with Crippen LogP contribution in [-0.4, -0.2) is 41.1 Å². The first kappa shape index (κ1) is 16.3. The van der Waals surface area contributed by atoms with E-state index < -0.39 is 11.6 Å². The van der Waals surface area contributed by atoms with E-state index in [0.717, 1.165) is 38.5 Å². The molecule has 0 spiro atoms. The molecule has 0 saturated carbocycles. The van der Waals surface area contributed by atoms with E-state index in [-0.39, 0.29) is 11.9 Å². The van der Waals surface area contributed by atoms with Crippen LogP contribution in [0.5, 0.6) is 0 Å². The van der Waals surface area contributed by atoms with Crippen LogP contribution in [0.25, 0.3) is 11.3 Å². The van der Waals surface area contributed by atoms with E-state index in [1.165, 1.54) is 12.1 Å². The van der Waals surface area contributed by atoms with E-state index in [9.17, 15) is 13.6 Å². The van der Waals surface area contributed by atoms with Crippen LogP contribution in [0.2, 0.25) is 0 Å². The van der Waals surface area contributed by atoms with Gasteiger partial charge in [0, 0.05) is 37.0 Å². The number of nitrogens with zero attached hydrogens (tertiary/aromatic N) is 2. The molecule has 0 aliphatic carbocycles. The quantitative estimate of drug-likeness (QED) is 0.929. The number of piperidine rings is 3. The lowest BCUT2D eigenvalue weighted by atomic mass is 9.84. The molecule has 1 N–H and O–H groups in total. The van der Waals surface area contributed by atoms with Gasteiger partial charge < -0.3 is 14.8 Å². The monoisotopic (exact) mass is 345 g/mol. The van der Waals surface area contributed by atoms with Gasteiger partial charge in [0.05, 0.1) is 0 Å². The third-order valence-corrected chi connectivity index (χ3v) is 5.49. The summed E-state index contributed by atoms with van der Waals surface area (Å²) < 4.78 is 28.6. The van der Waals surface area contributed by atoms with Gasteiger partial charge in [-0.1, -0.05) is 0 Å². The Hall–Kier alpha value is -2.21. The Labute approximate surface area is 145 Å². The molecule has 3 aliphatic heterocycles. The van der Waals surface area contributed by atoms with E-state index >= 15 is 0 Å². The van der Waals surface area contributed by atoms with Crippen molar-refractivity contribution < 1.29 is 13.6 Å². The van der Waals surface area contributed by atoms with Crippen molar-refractivity contribution in [1.29, 1.82) is 0 Å². The number of nitrogens with one attached hydrogen (secondary N) is 1. The van der Waals surface area contributed by atoms with Crippen LogP contribution in [0.4, 0.5) is 8.78 Å². The summed E-state index contributed by atoms with van der Waals surface area (Å²) in [5.41, 5.74) is 1.52. The van der Waals surface area contributed by atoms with Crippen molar-refractivity contribution in [3.8, 4) is 11.3 Å². The number of hydrogen-bond donors (Lipinski definition) is 1. The van der Waals surface area contributed by atoms with Crippen LogP contribution in [-0.2, 0) is 7.05 Å². The molecular formula is C19H21F2N3O. The first-order chi connectivity index (χ1) is 12.0. The summed E-state index contributed by atoms with van der Waals surface area (Å²) in [7, 11) is 1.74. The summed E-state index contributed by atoms with van der Waals surface area (Å²) in [6.45, 7) is 3.15. The maximum atomic E-state index is 13.5. The third kappa shape index (κ3) is 3.06. The lowest BCUT2D eigenvalue weighted by Gasteiger charge is -2.44.